The summed E-state index contributed by atoms with van der Waals surface area (Å²) >= 11 is 7.40. The Morgan fingerprint density at radius 3 is 2.89 bits per heavy atom. The second kappa shape index (κ2) is 7.82. The molecule has 3 rings (SSSR count). The third-order valence-corrected chi connectivity index (χ3v) is 4.48. The lowest BCUT2D eigenvalue weighted by Crippen LogP contribution is -2.13. The molecule has 8 nitrogen and oxygen atoms in total. The second-order valence-electron chi connectivity index (χ2n) is 5.16. The van der Waals surface area contributed by atoms with Crippen molar-refractivity contribution in [3.05, 3.63) is 74.5 Å². The summed E-state index contributed by atoms with van der Waals surface area (Å²) in [7, 11) is 0. The van der Waals surface area contributed by atoms with Gasteiger partial charge in [0.1, 0.15) is 11.6 Å². The predicted molar refractivity (Wildman–Crippen MR) is 102 cm³/mol. The molecule has 3 aromatic rings. The summed E-state index contributed by atoms with van der Waals surface area (Å²) in [5, 5.41) is 25.0. The first-order valence-corrected chi connectivity index (χ1v) is 8.69. The van der Waals surface area contributed by atoms with Crippen LogP contribution in [0.5, 0.6) is 0 Å². The van der Waals surface area contributed by atoms with Gasteiger partial charge in [0.25, 0.3) is 11.6 Å². The molecule has 2 aromatic heterocycles. The molecule has 0 aliphatic heterocycles. The Bertz CT molecular complexity index is 1080. The van der Waals surface area contributed by atoms with E-state index in [9.17, 15) is 20.2 Å². The SMILES string of the molecule is N#C/C(=C/c1cccn1-c1ccc([N+](=O)[O-])cc1Cl)C(=O)Nc1nccs1. The number of hydrogen-bond acceptors (Lipinski definition) is 6. The topological polar surface area (TPSA) is 114 Å². The average Bonchev–Trinajstić information content (AvgIpc) is 3.31. The monoisotopic (exact) mass is 399 g/mol. The maximum atomic E-state index is 12.3. The van der Waals surface area contributed by atoms with Crippen LogP contribution in [-0.2, 0) is 4.79 Å². The van der Waals surface area contributed by atoms with Crippen molar-refractivity contribution in [1.29, 1.82) is 5.26 Å². The minimum Gasteiger partial charge on any atom is -0.316 e. The molecule has 10 heteroatoms. The molecular formula is C17H10ClN5O3S. The number of hydrogen-bond donors (Lipinski definition) is 1. The molecule has 1 amide bonds. The van der Waals surface area contributed by atoms with Gasteiger partial charge < -0.3 is 4.57 Å². The van der Waals surface area contributed by atoms with Crippen molar-refractivity contribution in [3.8, 4) is 11.8 Å². The van der Waals surface area contributed by atoms with Crippen molar-refractivity contribution >= 4 is 45.7 Å². The number of carbonyl (C=O) groups excluding carboxylic acids is 1. The van der Waals surface area contributed by atoms with Crippen molar-refractivity contribution in [3.63, 3.8) is 0 Å². The number of amides is 1. The highest BCUT2D eigenvalue weighted by Crippen LogP contribution is 2.27. The lowest BCUT2D eigenvalue weighted by molar-refractivity contribution is -0.384. The van der Waals surface area contributed by atoms with Crippen molar-refractivity contribution < 1.29 is 9.72 Å². The Morgan fingerprint density at radius 2 is 2.26 bits per heavy atom. The number of thiazole rings is 1. The molecule has 1 N–H and O–H groups in total. The number of rotatable bonds is 5. The minimum absolute atomic E-state index is 0.122. The van der Waals surface area contributed by atoms with Gasteiger partial charge >= 0.3 is 0 Å². The Labute approximate surface area is 162 Å². The molecule has 134 valence electrons. The number of nitriles is 1. The Hall–Kier alpha value is -3.48. The molecule has 0 saturated heterocycles. The summed E-state index contributed by atoms with van der Waals surface area (Å²) in [6, 6.07) is 9.32. The van der Waals surface area contributed by atoms with Crippen LogP contribution in [0.3, 0.4) is 0 Å². The van der Waals surface area contributed by atoms with Gasteiger partial charge in [-0.15, -0.1) is 11.3 Å². The normalized spacial score (nSPS) is 11.0. The van der Waals surface area contributed by atoms with Crippen molar-refractivity contribution in [1.82, 2.24) is 9.55 Å². The van der Waals surface area contributed by atoms with Gasteiger partial charge in [-0.2, -0.15) is 5.26 Å². The number of carbonyl (C=O) groups is 1. The first-order chi connectivity index (χ1) is 13.0. The maximum Gasteiger partial charge on any atom is 0.271 e. The van der Waals surface area contributed by atoms with Crippen LogP contribution in [0, 0.1) is 21.4 Å². The second-order valence-corrected chi connectivity index (χ2v) is 6.46. The van der Waals surface area contributed by atoms with Gasteiger partial charge in [0.05, 0.1) is 15.6 Å². The molecule has 0 atom stereocenters. The number of nitrogens with zero attached hydrogens (tertiary/aromatic N) is 4. The van der Waals surface area contributed by atoms with E-state index in [1.165, 1.54) is 41.8 Å². The molecule has 0 fully saturated rings. The summed E-state index contributed by atoms with van der Waals surface area (Å²) in [6.45, 7) is 0. The summed E-state index contributed by atoms with van der Waals surface area (Å²) < 4.78 is 1.63. The van der Waals surface area contributed by atoms with Crippen LogP contribution >= 0.6 is 22.9 Å². The smallest absolute Gasteiger partial charge is 0.271 e. The molecule has 0 spiro atoms. The van der Waals surface area contributed by atoms with Gasteiger partial charge in [0.15, 0.2) is 5.13 Å². The van der Waals surface area contributed by atoms with Crippen LogP contribution in [0.1, 0.15) is 5.69 Å². The molecule has 0 aliphatic rings. The zero-order valence-electron chi connectivity index (χ0n) is 13.5. The number of nitro benzene ring substituents is 1. The third kappa shape index (κ3) is 4.03. The van der Waals surface area contributed by atoms with E-state index in [-0.39, 0.29) is 16.3 Å². The summed E-state index contributed by atoms with van der Waals surface area (Å²) in [5.41, 5.74) is 0.740. The number of aromatic nitrogens is 2. The fourth-order valence-corrected chi connectivity index (χ4v) is 3.07. The summed E-state index contributed by atoms with van der Waals surface area (Å²) in [5.74, 6) is -0.588. The van der Waals surface area contributed by atoms with Gasteiger partial charge in [-0.3, -0.25) is 20.2 Å². The predicted octanol–water partition coefficient (Wildman–Crippen LogP) is 4.04. The highest BCUT2D eigenvalue weighted by molar-refractivity contribution is 7.13. The van der Waals surface area contributed by atoms with E-state index in [1.807, 2.05) is 6.07 Å². The van der Waals surface area contributed by atoms with Crippen LogP contribution in [-0.4, -0.2) is 20.4 Å². The number of halogens is 1. The van der Waals surface area contributed by atoms with Crippen molar-refractivity contribution in [2.45, 2.75) is 0 Å². The molecule has 1 aromatic carbocycles. The van der Waals surface area contributed by atoms with Crippen LogP contribution in [0.2, 0.25) is 5.02 Å². The lowest BCUT2D eigenvalue weighted by atomic mass is 10.2. The molecule has 0 saturated carbocycles. The standard InChI is InChI=1S/C17H10ClN5O3S/c18-14-9-13(23(25)26)3-4-15(14)22-6-1-2-12(22)8-11(10-19)16(24)21-17-20-5-7-27-17/h1-9H,(H,20,21,24)/b11-8-. The largest absolute Gasteiger partial charge is 0.316 e. The first kappa shape index (κ1) is 18.3. The third-order valence-electron chi connectivity index (χ3n) is 3.49. The Morgan fingerprint density at radius 1 is 1.44 bits per heavy atom. The molecule has 0 bridgehead atoms. The fourth-order valence-electron chi connectivity index (χ4n) is 2.28. The zero-order chi connectivity index (χ0) is 19.4. The number of nitrogens with one attached hydrogen (secondary N) is 1. The van der Waals surface area contributed by atoms with Gasteiger partial charge in [0, 0.05) is 35.6 Å². The van der Waals surface area contributed by atoms with Gasteiger partial charge in [0.2, 0.25) is 0 Å². The number of non-ortho nitro benzene ring substituents is 1. The van der Waals surface area contributed by atoms with Gasteiger partial charge in [-0.25, -0.2) is 4.98 Å². The average molecular weight is 400 g/mol. The summed E-state index contributed by atoms with van der Waals surface area (Å²) in [6.07, 6.45) is 4.62. The van der Waals surface area contributed by atoms with E-state index < -0.39 is 10.8 Å². The molecule has 27 heavy (non-hydrogen) atoms. The first-order valence-electron chi connectivity index (χ1n) is 7.44. The molecule has 0 aliphatic carbocycles. The molecule has 2 heterocycles. The van der Waals surface area contributed by atoms with Crippen LogP contribution in [0.4, 0.5) is 10.8 Å². The Balaban J connectivity index is 1.94. The van der Waals surface area contributed by atoms with Crippen LogP contribution in [0.15, 0.2) is 53.7 Å². The highest BCUT2D eigenvalue weighted by atomic mass is 35.5. The lowest BCUT2D eigenvalue weighted by Gasteiger charge is -2.09. The minimum atomic E-state index is -0.588. The molecule has 0 radical (unpaired) electrons. The maximum absolute atomic E-state index is 12.3. The van der Waals surface area contributed by atoms with Gasteiger partial charge in [-0.1, -0.05) is 11.6 Å². The highest BCUT2D eigenvalue weighted by Gasteiger charge is 2.15. The van der Waals surface area contributed by atoms with E-state index in [0.717, 1.165) is 0 Å². The van der Waals surface area contributed by atoms with Crippen LogP contribution in [0.25, 0.3) is 11.8 Å². The zero-order valence-corrected chi connectivity index (χ0v) is 15.1. The van der Waals surface area contributed by atoms with E-state index in [0.29, 0.717) is 16.5 Å². The number of anilines is 1. The van der Waals surface area contributed by atoms with E-state index in [1.54, 1.807) is 28.3 Å². The number of nitro groups is 1. The molecule has 0 unspecified atom stereocenters. The van der Waals surface area contributed by atoms with Crippen molar-refractivity contribution in [2.24, 2.45) is 0 Å². The molecular weight excluding hydrogens is 390 g/mol. The van der Waals surface area contributed by atoms with E-state index >= 15 is 0 Å². The van der Waals surface area contributed by atoms with Crippen molar-refractivity contribution in [2.75, 3.05) is 5.32 Å². The van der Waals surface area contributed by atoms with E-state index in [4.69, 9.17) is 11.6 Å². The number of benzene rings is 1. The summed E-state index contributed by atoms with van der Waals surface area (Å²) in [4.78, 5) is 26.5. The quantitative estimate of drug-likeness (QED) is 0.301. The Kier molecular flexibility index (Phi) is 5.30. The fraction of sp³-hybridized carbons (Fsp3) is 0. The van der Waals surface area contributed by atoms with E-state index in [2.05, 4.69) is 10.3 Å². The van der Waals surface area contributed by atoms with Crippen LogP contribution < -0.4 is 5.32 Å². The van der Waals surface area contributed by atoms with Gasteiger partial charge in [-0.05, 0) is 24.3 Å².